The van der Waals surface area contributed by atoms with Crippen molar-refractivity contribution in [3.05, 3.63) is 30.3 Å². The first-order valence-electron chi connectivity index (χ1n) is 7.49. The summed E-state index contributed by atoms with van der Waals surface area (Å²) in [5.74, 6) is 0.725. The van der Waals surface area contributed by atoms with Gasteiger partial charge in [-0.05, 0) is 44.0 Å². The third-order valence-electron chi connectivity index (χ3n) is 3.83. The molecule has 1 amide bonds. The van der Waals surface area contributed by atoms with Gasteiger partial charge in [0.1, 0.15) is 0 Å². The maximum absolute atomic E-state index is 11.8. The Balaban J connectivity index is 0.00000220. The molecule has 0 aromatic heterocycles. The van der Waals surface area contributed by atoms with Gasteiger partial charge in [-0.15, -0.1) is 24.8 Å². The van der Waals surface area contributed by atoms with Crippen LogP contribution in [0.4, 0.5) is 5.69 Å². The number of halogens is 2. The number of nitrogens with one attached hydrogen (secondary N) is 2. The molecule has 1 saturated heterocycles. The Morgan fingerprint density at radius 3 is 2.68 bits per heavy atom. The van der Waals surface area contributed by atoms with E-state index in [2.05, 4.69) is 34.7 Å². The molecule has 0 bridgehead atoms. The first kappa shape index (κ1) is 21.0. The van der Waals surface area contributed by atoms with E-state index in [9.17, 15) is 4.79 Å². The van der Waals surface area contributed by atoms with E-state index in [-0.39, 0.29) is 30.7 Å². The SMILES string of the molecule is CN(CCCNC(=O)CC1CCNC1)c1ccccc1.Cl.Cl. The molecule has 1 aromatic carbocycles. The first-order chi connectivity index (χ1) is 9.75. The van der Waals surface area contributed by atoms with E-state index in [1.54, 1.807) is 0 Å². The van der Waals surface area contributed by atoms with Crippen molar-refractivity contribution >= 4 is 36.4 Å². The molecule has 126 valence electrons. The van der Waals surface area contributed by atoms with Crippen LogP contribution in [0.5, 0.6) is 0 Å². The summed E-state index contributed by atoms with van der Waals surface area (Å²) in [6, 6.07) is 10.3. The highest BCUT2D eigenvalue weighted by molar-refractivity contribution is 5.85. The predicted octanol–water partition coefficient (Wildman–Crippen LogP) is 2.47. The molecule has 1 aliphatic heterocycles. The molecule has 0 saturated carbocycles. The molecule has 1 aromatic rings. The van der Waals surface area contributed by atoms with Gasteiger partial charge < -0.3 is 15.5 Å². The third kappa shape index (κ3) is 7.34. The average molecular weight is 348 g/mol. The Kier molecular flexibility index (Phi) is 11.1. The second-order valence-electron chi connectivity index (χ2n) is 5.52. The van der Waals surface area contributed by atoms with Gasteiger partial charge in [-0.1, -0.05) is 18.2 Å². The lowest BCUT2D eigenvalue weighted by Crippen LogP contribution is -2.29. The zero-order valence-electron chi connectivity index (χ0n) is 13.1. The molecule has 1 fully saturated rings. The van der Waals surface area contributed by atoms with Crippen molar-refractivity contribution < 1.29 is 4.79 Å². The zero-order chi connectivity index (χ0) is 14.2. The monoisotopic (exact) mass is 347 g/mol. The molecule has 1 atom stereocenters. The van der Waals surface area contributed by atoms with Crippen molar-refractivity contribution in [1.82, 2.24) is 10.6 Å². The Hall–Kier alpha value is -0.970. The minimum absolute atomic E-state index is 0. The van der Waals surface area contributed by atoms with Crippen LogP contribution in [0.3, 0.4) is 0 Å². The van der Waals surface area contributed by atoms with Gasteiger partial charge in [-0.2, -0.15) is 0 Å². The summed E-state index contributed by atoms with van der Waals surface area (Å²) in [5, 5.41) is 6.31. The summed E-state index contributed by atoms with van der Waals surface area (Å²) >= 11 is 0. The fourth-order valence-electron chi connectivity index (χ4n) is 2.58. The third-order valence-corrected chi connectivity index (χ3v) is 3.83. The van der Waals surface area contributed by atoms with Crippen LogP contribution in [0.15, 0.2) is 30.3 Å². The molecule has 1 aliphatic rings. The lowest BCUT2D eigenvalue weighted by molar-refractivity contribution is -0.121. The number of hydrogen-bond donors (Lipinski definition) is 2. The van der Waals surface area contributed by atoms with Crippen molar-refractivity contribution in [2.24, 2.45) is 5.92 Å². The summed E-state index contributed by atoms with van der Waals surface area (Å²) in [6.45, 7) is 3.76. The van der Waals surface area contributed by atoms with E-state index in [4.69, 9.17) is 0 Å². The summed E-state index contributed by atoms with van der Waals surface area (Å²) < 4.78 is 0. The number of carbonyl (C=O) groups is 1. The van der Waals surface area contributed by atoms with Crippen molar-refractivity contribution in [3.8, 4) is 0 Å². The van der Waals surface area contributed by atoms with Gasteiger partial charge in [0, 0.05) is 32.2 Å². The van der Waals surface area contributed by atoms with Gasteiger partial charge >= 0.3 is 0 Å². The van der Waals surface area contributed by atoms with E-state index in [1.807, 2.05) is 18.2 Å². The molecule has 4 nitrogen and oxygen atoms in total. The van der Waals surface area contributed by atoms with Crippen LogP contribution in [-0.4, -0.2) is 39.1 Å². The van der Waals surface area contributed by atoms with Crippen LogP contribution in [0.1, 0.15) is 19.3 Å². The van der Waals surface area contributed by atoms with Gasteiger partial charge in [0.05, 0.1) is 0 Å². The molecule has 6 heteroatoms. The van der Waals surface area contributed by atoms with Crippen LogP contribution < -0.4 is 15.5 Å². The summed E-state index contributed by atoms with van der Waals surface area (Å²) in [4.78, 5) is 14.0. The van der Waals surface area contributed by atoms with E-state index >= 15 is 0 Å². The summed E-state index contributed by atoms with van der Waals surface area (Å²) in [6.07, 6.45) is 2.77. The minimum atomic E-state index is 0. The van der Waals surface area contributed by atoms with Crippen molar-refractivity contribution in [1.29, 1.82) is 0 Å². The largest absolute Gasteiger partial charge is 0.375 e. The Morgan fingerprint density at radius 2 is 2.05 bits per heavy atom. The maximum Gasteiger partial charge on any atom is 0.220 e. The smallest absolute Gasteiger partial charge is 0.220 e. The fourth-order valence-corrected chi connectivity index (χ4v) is 2.58. The van der Waals surface area contributed by atoms with Crippen molar-refractivity contribution in [2.75, 3.05) is 38.1 Å². The highest BCUT2D eigenvalue weighted by Crippen LogP contribution is 2.12. The standard InChI is InChI=1S/C16H25N3O.2ClH/c1-19(15-6-3-2-4-7-15)11-5-9-18-16(20)12-14-8-10-17-13-14;;/h2-4,6-7,14,17H,5,8-13H2,1H3,(H,18,20);2*1H. The average Bonchev–Trinajstić information content (AvgIpc) is 2.97. The normalized spacial score (nSPS) is 16.3. The highest BCUT2D eigenvalue weighted by atomic mass is 35.5. The quantitative estimate of drug-likeness (QED) is 0.744. The number of benzene rings is 1. The summed E-state index contributed by atoms with van der Waals surface area (Å²) in [7, 11) is 2.08. The second kappa shape index (κ2) is 11.6. The molecule has 22 heavy (non-hydrogen) atoms. The van der Waals surface area contributed by atoms with Crippen LogP contribution in [0, 0.1) is 5.92 Å². The molecule has 2 N–H and O–H groups in total. The molecule has 1 unspecified atom stereocenters. The number of amides is 1. The van der Waals surface area contributed by atoms with E-state index in [0.29, 0.717) is 12.3 Å². The molecule has 0 aliphatic carbocycles. The highest BCUT2D eigenvalue weighted by Gasteiger charge is 2.17. The molecule has 0 radical (unpaired) electrons. The van der Waals surface area contributed by atoms with E-state index in [1.165, 1.54) is 5.69 Å². The Labute approximate surface area is 145 Å². The number of para-hydroxylation sites is 1. The van der Waals surface area contributed by atoms with Gasteiger partial charge in [0.15, 0.2) is 0 Å². The van der Waals surface area contributed by atoms with Gasteiger partial charge in [-0.25, -0.2) is 0 Å². The fraction of sp³-hybridized carbons (Fsp3) is 0.562. The second-order valence-corrected chi connectivity index (χ2v) is 5.52. The van der Waals surface area contributed by atoms with Crippen LogP contribution in [-0.2, 0) is 4.79 Å². The zero-order valence-corrected chi connectivity index (χ0v) is 14.7. The van der Waals surface area contributed by atoms with Gasteiger partial charge in [0.2, 0.25) is 5.91 Å². The van der Waals surface area contributed by atoms with Gasteiger partial charge in [0.25, 0.3) is 0 Å². The number of nitrogens with zero attached hydrogens (tertiary/aromatic N) is 1. The van der Waals surface area contributed by atoms with Crippen molar-refractivity contribution in [2.45, 2.75) is 19.3 Å². The molecular weight excluding hydrogens is 321 g/mol. The van der Waals surface area contributed by atoms with E-state index < -0.39 is 0 Å². The molecule has 2 rings (SSSR count). The van der Waals surface area contributed by atoms with Crippen LogP contribution in [0.2, 0.25) is 0 Å². The molecular formula is C16H27Cl2N3O. The van der Waals surface area contributed by atoms with Crippen LogP contribution >= 0.6 is 24.8 Å². The number of carbonyl (C=O) groups excluding carboxylic acids is 1. The lowest BCUT2D eigenvalue weighted by atomic mass is 10.0. The number of hydrogen-bond acceptors (Lipinski definition) is 3. The van der Waals surface area contributed by atoms with E-state index in [0.717, 1.165) is 39.0 Å². The Morgan fingerprint density at radius 1 is 1.32 bits per heavy atom. The molecule has 1 heterocycles. The minimum Gasteiger partial charge on any atom is -0.375 e. The summed E-state index contributed by atoms with van der Waals surface area (Å²) in [5.41, 5.74) is 1.22. The number of anilines is 1. The van der Waals surface area contributed by atoms with Gasteiger partial charge in [-0.3, -0.25) is 4.79 Å². The van der Waals surface area contributed by atoms with Crippen molar-refractivity contribution in [3.63, 3.8) is 0 Å². The first-order valence-corrected chi connectivity index (χ1v) is 7.49. The molecule has 0 spiro atoms. The Bertz CT molecular complexity index is 411. The lowest BCUT2D eigenvalue weighted by Gasteiger charge is -2.19. The van der Waals surface area contributed by atoms with Crippen LogP contribution in [0.25, 0.3) is 0 Å². The number of rotatable bonds is 7. The maximum atomic E-state index is 11.8. The topological polar surface area (TPSA) is 44.4 Å². The predicted molar refractivity (Wildman–Crippen MR) is 97.4 cm³/mol.